The molecule has 0 heterocycles. The van der Waals surface area contributed by atoms with E-state index in [-0.39, 0.29) is 5.91 Å². The van der Waals surface area contributed by atoms with Gasteiger partial charge in [-0.15, -0.1) is 0 Å². The standard InChI is InChI=1S/C13H8BrCl2NO/c14-9-3-1-2-8(6-9)13(18)17-12-7-10(15)4-5-11(12)16/h1-7H,(H,17,18). The highest BCUT2D eigenvalue weighted by molar-refractivity contribution is 9.10. The average molecular weight is 345 g/mol. The lowest BCUT2D eigenvalue weighted by Crippen LogP contribution is -2.12. The van der Waals surface area contributed by atoms with Crippen molar-refractivity contribution >= 4 is 50.7 Å². The van der Waals surface area contributed by atoms with Gasteiger partial charge in [-0.25, -0.2) is 0 Å². The minimum Gasteiger partial charge on any atom is -0.321 e. The van der Waals surface area contributed by atoms with Crippen LogP contribution >= 0.6 is 39.1 Å². The second kappa shape index (κ2) is 5.74. The van der Waals surface area contributed by atoms with Crippen molar-refractivity contribution in [2.45, 2.75) is 0 Å². The number of rotatable bonds is 2. The predicted molar refractivity (Wildman–Crippen MR) is 78.6 cm³/mol. The van der Waals surface area contributed by atoms with Crippen molar-refractivity contribution in [3.8, 4) is 0 Å². The summed E-state index contributed by atoms with van der Waals surface area (Å²) in [5.74, 6) is -0.236. The molecule has 0 saturated heterocycles. The Morgan fingerprint density at radius 3 is 2.61 bits per heavy atom. The van der Waals surface area contributed by atoms with Crippen LogP contribution in [-0.4, -0.2) is 5.91 Å². The first-order valence-electron chi connectivity index (χ1n) is 5.08. The molecule has 0 aliphatic carbocycles. The first kappa shape index (κ1) is 13.4. The summed E-state index contributed by atoms with van der Waals surface area (Å²) < 4.78 is 0.840. The fourth-order valence-corrected chi connectivity index (χ4v) is 2.15. The summed E-state index contributed by atoms with van der Waals surface area (Å²) in [5, 5.41) is 3.68. The number of nitrogens with one attached hydrogen (secondary N) is 1. The van der Waals surface area contributed by atoms with Crippen LogP contribution in [0.1, 0.15) is 10.4 Å². The Morgan fingerprint density at radius 1 is 1.11 bits per heavy atom. The number of hydrogen-bond acceptors (Lipinski definition) is 1. The van der Waals surface area contributed by atoms with Gasteiger partial charge in [0.1, 0.15) is 0 Å². The molecule has 2 rings (SSSR count). The summed E-state index contributed by atoms with van der Waals surface area (Å²) in [7, 11) is 0. The Kier molecular flexibility index (Phi) is 4.27. The van der Waals surface area contributed by atoms with E-state index in [2.05, 4.69) is 21.2 Å². The third-order valence-corrected chi connectivity index (χ3v) is 3.32. The number of carbonyl (C=O) groups excluding carboxylic acids is 1. The Labute approximate surface area is 123 Å². The molecule has 0 saturated carbocycles. The quantitative estimate of drug-likeness (QED) is 0.815. The van der Waals surface area contributed by atoms with Gasteiger partial charge in [-0.3, -0.25) is 4.79 Å². The fourth-order valence-electron chi connectivity index (χ4n) is 1.42. The van der Waals surface area contributed by atoms with Crippen molar-refractivity contribution < 1.29 is 4.79 Å². The van der Waals surface area contributed by atoms with Crippen molar-refractivity contribution in [3.63, 3.8) is 0 Å². The molecule has 0 unspecified atom stereocenters. The van der Waals surface area contributed by atoms with Crippen molar-refractivity contribution in [3.05, 3.63) is 62.5 Å². The van der Waals surface area contributed by atoms with E-state index in [0.29, 0.717) is 21.3 Å². The predicted octanol–water partition coefficient (Wildman–Crippen LogP) is 5.01. The van der Waals surface area contributed by atoms with Gasteiger partial charge in [-0.2, -0.15) is 0 Å². The number of anilines is 1. The molecule has 2 aromatic carbocycles. The zero-order chi connectivity index (χ0) is 13.1. The molecule has 0 spiro atoms. The zero-order valence-electron chi connectivity index (χ0n) is 9.08. The third-order valence-electron chi connectivity index (χ3n) is 2.26. The fraction of sp³-hybridized carbons (Fsp3) is 0. The number of carbonyl (C=O) groups is 1. The second-order valence-electron chi connectivity index (χ2n) is 3.59. The Balaban J connectivity index is 2.24. The molecular weight excluding hydrogens is 337 g/mol. The molecule has 0 aromatic heterocycles. The van der Waals surface area contributed by atoms with Crippen LogP contribution in [0.4, 0.5) is 5.69 Å². The minimum atomic E-state index is -0.236. The van der Waals surface area contributed by atoms with E-state index in [9.17, 15) is 4.79 Å². The average Bonchev–Trinajstić information content (AvgIpc) is 2.34. The second-order valence-corrected chi connectivity index (χ2v) is 5.35. The van der Waals surface area contributed by atoms with Crippen molar-refractivity contribution in [1.82, 2.24) is 0 Å². The van der Waals surface area contributed by atoms with E-state index in [0.717, 1.165) is 4.47 Å². The van der Waals surface area contributed by atoms with E-state index in [1.807, 2.05) is 6.07 Å². The third kappa shape index (κ3) is 3.25. The van der Waals surface area contributed by atoms with Crippen LogP contribution in [-0.2, 0) is 0 Å². The Hall–Kier alpha value is -1.03. The van der Waals surface area contributed by atoms with Crippen molar-refractivity contribution in [2.24, 2.45) is 0 Å². The number of hydrogen-bond donors (Lipinski definition) is 1. The maximum atomic E-state index is 12.0. The summed E-state index contributed by atoms with van der Waals surface area (Å²) in [6, 6.07) is 12.0. The first-order chi connectivity index (χ1) is 8.56. The van der Waals surface area contributed by atoms with Gasteiger partial charge in [0.15, 0.2) is 0 Å². The van der Waals surface area contributed by atoms with Crippen LogP contribution < -0.4 is 5.32 Å². The Bertz CT molecular complexity index is 601. The van der Waals surface area contributed by atoms with Gasteiger partial charge in [0, 0.05) is 15.1 Å². The highest BCUT2D eigenvalue weighted by Crippen LogP contribution is 2.26. The van der Waals surface area contributed by atoms with Gasteiger partial charge in [-0.05, 0) is 36.4 Å². The van der Waals surface area contributed by atoms with Crippen LogP contribution in [0.25, 0.3) is 0 Å². The summed E-state index contributed by atoms with van der Waals surface area (Å²) in [5.41, 5.74) is 1.04. The molecule has 0 aliphatic rings. The van der Waals surface area contributed by atoms with Gasteiger partial charge in [0.25, 0.3) is 5.91 Å². The van der Waals surface area contributed by atoms with Gasteiger partial charge in [-0.1, -0.05) is 45.2 Å². The molecule has 0 bridgehead atoms. The molecule has 2 nitrogen and oxygen atoms in total. The highest BCUT2D eigenvalue weighted by Gasteiger charge is 2.09. The molecule has 1 amide bonds. The van der Waals surface area contributed by atoms with E-state index in [1.165, 1.54) is 0 Å². The first-order valence-corrected chi connectivity index (χ1v) is 6.63. The minimum absolute atomic E-state index is 0.236. The van der Waals surface area contributed by atoms with Gasteiger partial charge in [0.2, 0.25) is 0 Å². The van der Waals surface area contributed by atoms with Crippen LogP contribution in [0.2, 0.25) is 10.0 Å². The van der Waals surface area contributed by atoms with Crippen molar-refractivity contribution in [2.75, 3.05) is 5.32 Å². The molecule has 1 N–H and O–H groups in total. The SMILES string of the molecule is O=C(Nc1cc(Cl)ccc1Cl)c1cccc(Br)c1. The lowest BCUT2D eigenvalue weighted by Gasteiger charge is -2.07. The van der Waals surface area contributed by atoms with E-state index in [1.54, 1.807) is 36.4 Å². The molecule has 0 atom stereocenters. The smallest absolute Gasteiger partial charge is 0.255 e. The van der Waals surface area contributed by atoms with Crippen LogP contribution in [0.3, 0.4) is 0 Å². The summed E-state index contributed by atoms with van der Waals surface area (Å²) in [6.45, 7) is 0. The largest absolute Gasteiger partial charge is 0.321 e. The highest BCUT2D eigenvalue weighted by atomic mass is 79.9. The maximum Gasteiger partial charge on any atom is 0.255 e. The molecule has 92 valence electrons. The van der Waals surface area contributed by atoms with Crippen LogP contribution in [0.15, 0.2) is 46.9 Å². The van der Waals surface area contributed by atoms with E-state index in [4.69, 9.17) is 23.2 Å². The van der Waals surface area contributed by atoms with Gasteiger partial charge < -0.3 is 5.32 Å². The Morgan fingerprint density at radius 2 is 1.89 bits per heavy atom. The lowest BCUT2D eigenvalue weighted by molar-refractivity contribution is 0.102. The molecule has 0 aliphatic heterocycles. The molecular formula is C13H8BrCl2NO. The van der Waals surface area contributed by atoms with Crippen LogP contribution in [0.5, 0.6) is 0 Å². The molecule has 0 radical (unpaired) electrons. The monoisotopic (exact) mass is 343 g/mol. The summed E-state index contributed by atoms with van der Waals surface area (Å²) in [6.07, 6.45) is 0. The van der Waals surface area contributed by atoms with Gasteiger partial charge in [0.05, 0.1) is 10.7 Å². The normalized spacial score (nSPS) is 10.2. The summed E-state index contributed by atoms with van der Waals surface area (Å²) in [4.78, 5) is 12.0. The molecule has 2 aromatic rings. The number of amides is 1. The number of halogens is 3. The van der Waals surface area contributed by atoms with E-state index < -0.39 is 0 Å². The van der Waals surface area contributed by atoms with E-state index >= 15 is 0 Å². The maximum absolute atomic E-state index is 12.0. The molecule has 5 heteroatoms. The topological polar surface area (TPSA) is 29.1 Å². The molecule has 18 heavy (non-hydrogen) atoms. The van der Waals surface area contributed by atoms with Crippen LogP contribution in [0, 0.1) is 0 Å². The lowest BCUT2D eigenvalue weighted by atomic mass is 10.2. The van der Waals surface area contributed by atoms with Gasteiger partial charge >= 0.3 is 0 Å². The molecule has 0 fully saturated rings. The van der Waals surface area contributed by atoms with Crippen molar-refractivity contribution in [1.29, 1.82) is 0 Å². The number of benzene rings is 2. The zero-order valence-corrected chi connectivity index (χ0v) is 12.2. The summed E-state index contributed by atoms with van der Waals surface area (Å²) >= 11 is 15.1.